The molecule has 2 radical (unpaired) electrons. The zero-order chi connectivity index (χ0) is 21.2. The minimum Gasteiger partial charge on any atom is -0.397 e. The first-order chi connectivity index (χ1) is 12.8. The van der Waals surface area contributed by atoms with Gasteiger partial charge in [-0.15, -0.1) is 0 Å². The number of nitrogens with zero attached hydrogens (tertiary/aromatic N) is 1. The smallest absolute Gasteiger partial charge is 0.345 e. The molecule has 0 aromatic heterocycles. The van der Waals surface area contributed by atoms with Crippen LogP contribution in [0, 0.1) is 0 Å². The summed E-state index contributed by atoms with van der Waals surface area (Å²) in [6.07, 6.45) is 0. The van der Waals surface area contributed by atoms with Crippen LogP contribution >= 0.6 is 0 Å². The van der Waals surface area contributed by atoms with Gasteiger partial charge in [-0.1, -0.05) is 0 Å². The van der Waals surface area contributed by atoms with Crippen LogP contribution in [0.3, 0.4) is 0 Å². The van der Waals surface area contributed by atoms with Crippen LogP contribution in [0.2, 0.25) is 0 Å². The van der Waals surface area contributed by atoms with Crippen molar-refractivity contribution in [2.45, 2.75) is 9.79 Å². The van der Waals surface area contributed by atoms with Crippen LogP contribution in [0.4, 0.5) is 10.5 Å². The molecule has 7 N–H and O–H groups in total. The Hall–Kier alpha value is -1.92. The molecular formula is C13H10Li2N4O9S2. The number of imide groups is 3. The Kier molecular flexibility index (Phi) is 7.24. The maximum atomic E-state index is 12.6. The van der Waals surface area contributed by atoms with Crippen molar-refractivity contribution >= 4 is 92.3 Å². The summed E-state index contributed by atoms with van der Waals surface area (Å²) in [7, 11) is -9.90. The van der Waals surface area contributed by atoms with E-state index in [4.69, 9.17) is 11.6 Å². The fourth-order valence-corrected chi connectivity index (χ4v) is 4.00. The van der Waals surface area contributed by atoms with E-state index >= 15 is 0 Å². The molecule has 0 fully saturated rings. The van der Waals surface area contributed by atoms with E-state index in [9.17, 15) is 40.3 Å². The molecule has 0 unspecified atom stereocenters. The summed E-state index contributed by atoms with van der Waals surface area (Å²) in [5, 5.41) is -0.696. The van der Waals surface area contributed by atoms with E-state index in [2.05, 4.69) is 0 Å². The van der Waals surface area contributed by atoms with Gasteiger partial charge in [0.2, 0.25) is 0 Å². The number of carbonyl (C=O) groups excluding carboxylic acids is 3. The third-order valence-electron chi connectivity index (χ3n) is 3.98. The average Bonchev–Trinajstić information content (AvgIpc) is 2.58. The third-order valence-corrected chi connectivity index (χ3v) is 5.71. The van der Waals surface area contributed by atoms with Gasteiger partial charge in [0.05, 0.1) is 21.7 Å². The first kappa shape index (κ1) is 26.1. The Morgan fingerprint density at radius 1 is 0.933 bits per heavy atom. The van der Waals surface area contributed by atoms with Crippen molar-refractivity contribution in [1.29, 1.82) is 0 Å². The molecule has 2 aromatic carbocycles. The maximum absolute atomic E-state index is 12.6. The summed E-state index contributed by atoms with van der Waals surface area (Å²) in [4.78, 5) is 35.2. The Balaban J connectivity index is 0.00000225. The fourth-order valence-electron chi connectivity index (χ4n) is 2.81. The molecule has 1 aliphatic heterocycles. The molecule has 3 rings (SSSR count). The van der Waals surface area contributed by atoms with Gasteiger partial charge >= 0.3 is 6.03 Å². The molecule has 0 spiro atoms. The van der Waals surface area contributed by atoms with Crippen LogP contribution in [0.5, 0.6) is 0 Å². The number of benzene rings is 2. The Morgan fingerprint density at radius 3 is 1.87 bits per heavy atom. The molecule has 0 bridgehead atoms. The summed E-state index contributed by atoms with van der Waals surface area (Å²) in [6.45, 7) is 0. The minimum atomic E-state index is -4.99. The van der Waals surface area contributed by atoms with Crippen molar-refractivity contribution in [3.8, 4) is 0 Å². The molecule has 2 aromatic rings. The number of hydrazine groups is 1. The van der Waals surface area contributed by atoms with Crippen molar-refractivity contribution < 1.29 is 40.3 Å². The number of urea groups is 1. The van der Waals surface area contributed by atoms with Gasteiger partial charge < -0.3 is 5.73 Å². The second-order valence-corrected chi connectivity index (χ2v) is 8.39. The van der Waals surface area contributed by atoms with Crippen LogP contribution in [-0.2, 0) is 20.2 Å². The molecule has 1 heterocycles. The number of nitrogens with two attached hydrogens (primary N) is 2. The summed E-state index contributed by atoms with van der Waals surface area (Å²) >= 11 is 0. The summed E-state index contributed by atoms with van der Waals surface area (Å²) in [5.74, 6) is 2.34. The van der Waals surface area contributed by atoms with Crippen LogP contribution in [-0.4, -0.2) is 86.4 Å². The van der Waals surface area contributed by atoms with E-state index in [1.807, 2.05) is 0 Å². The molecule has 150 valence electrons. The first-order valence-electron chi connectivity index (χ1n) is 7.03. The second-order valence-electron chi connectivity index (χ2n) is 5.57. The van der Waals surface area contributed by atoms with Crippen molar-refractivity contribution in [2.24, 2.45) is 5.84 Å². The second kappa shape index (κ2) is 8.31. The zero-order valence-electron chi connectivity index (χ0n) is 15.4. The molecule has 4 amide bonds. The Labute approximate surface area is 192 Å². The van der Waals surface area contributed by atoms with Gasteiger partial charge in [0.25, 0.3) is 32.1 Å². The number of amides is 4. The largest absolute Gasteiger partial charge is 0.397 e. The van der Waals surface area contributed by atoms with Crippen molar-refractivity contribution in [2.75, 3.05) is 5.73 Å². The molecule has 30 heavy (non-hydrogen) atoms. The van der Waals surface area contributed by atoms with E-state index in [0.717, 1.165) is 6.07 Å². The normalized spacial score (nSPS) is 13.5. The maximum Gasteiger partial charge on any atom is 0.345 e. The molecule has 17 heteroatoms. The van der Waals surface area contributed by atoms with Crippen molar-refractivity contribution in [1.82, 2.24) is 10.3 Å². The zero-order valence-corrected chi connectivity index (χ0v) is 17.0. The monoisotopic (exact) mass is 444 g/mol. The molecule has 1 aliphatic rings. The SMILES string of the molecule is NNC(=O)N1C(=O)c2cc(S(=O)(=O)O)cc3c(N)c(S(=O)(=O)O)cc(c23)C1=O.[Li].[Li]. The third kappa shape index (κ3) is 4.00. The quantitative estimate of drug-likeness (QED) is 0.0669. The van der Waals surface area contributed by atoms with Crippen molar-refractivity contribution in [3.63, 3.8) is 0 Å². The summed E-state index contributed by atoms with van der Waals surface area (Å²) in [6, 6.07) is 0.645. The molecule has 13 nitrogen and oxygen atoms in total. The van der Waals surface area contributed by atoms with E-state index in [1.165, 1.54) is 0 Å². The molecule has 0 atom stereocenters. The molecule has 0 saturated carbocycles. The summed E-state index contributed by atoms with van der Waals surface area (Å²) < 4.78 is 65.0. The molecule has 0 aliphatic carbocycles. The fraction of sp³-hybridized carbons (Fsp3) is 0. The number of rotatable bonds is 2. The van der Waals surface area contributed by atoms with Gasteiger partial charge in [0.1, 0.15) is 4.90 Å². The van der Waals surface area contributed by atoms with Gasteiger partial charge in [-0.3, -0.25) is 24.1 Å². The van der Waals surface area contributed by atoms with E-state index in [-0.39, 0.29) is 48.0 Å². The van der Waals surface area contributed by atoms with E-state index in [0.29, 0.717) is 12.1 Å². The van der Waals surface area contributed by atoms with Gasteiger partial charge in [-0.05, 0) is 18.2 Å². The topological polar surface area (TPSA) is 227 Å². The molecular weight excluding hydrogens is 434 g/mol. The predicted octanol–water partition coefficient (Wildman–Crippen LogP) is -1.67. The number of anilines is 1. The Bertz CT molecular complexity index is 1300. The average molecular weight is 444 g/mol. The van der Waals surface area contributed by atoms with Crippen molar-refractivity contribution in [3.05, 3.63) is 29.3 Å². The van der Waals surface area contributed by atoms with Crippen LogP contribution in [0.25, 0.3) is 10.8 Å². The summed E-state index contributed by atoms with van der Waals surface area (Å²) in [5.41, 5.74) is 5.47. The van der Waals surface area contributed by atoms with Gasteiger partial charge in [0, 0.05) is 48.5 Å². The van der Waals surface area contributed by atoms with Crippen LogP contribution < -0.4 is 17.0 Å². The standard InChI is InChI=1S/C13H10N4O9S2.2Li/c14-10-5-1-4(27(21,22)23)2-6-9(5)7(3-8(10)28(24,25)26)12(19)17(11(6)18)13(20)16-15;;/h1-3H,14-15H2,(H,16,20)(H,21,22,23)(H,24,25,26);;. The number of hydrogen-bond acceptors (Lipinski definition) is 9. The van der Waals surface area contributed by atoms with Crippen LogP contribution in [0.15, 0.2) is 28.0 Å². The van der Waals surface area contributed by atoms with Gasteiger partial charge in [0.15, 0.2) is 0 Å². The van der Waals surface area contributed by atoms with Gasteiger partial charge in [-0.2, -0.15) is 21.7 Å². The van der Waals surface area contributed by atoms with E-state index in [1.54, 1.807) is 5.43 Å². The van der Waals surface area contributed by atoms with Gasteiger partial charge in [-0.25, -0.2) is 10.6 Å². The number of nitrogen functional groups attached to an aromatic ring is 1. The molecule has 0 saturated heterocycles. The first-order valence-corrected chi connectivity index (χ1v) is 9.91. The Morgan fingerprint density at radius 2 is 1.43 bits per heavy atom. The van der Waals surface area contributed by atoms with Crippen LogP contribution in [0.1, 0.15) is 20.7 Å². The minimum absolute atomic E-state index is 0. The number of nitrogens with one attached hydrogen (secondary N) is 1. The number of carbonyl (C=O) groups is 3. The predicted molar refractivity (Wildman–Crippen MR) is 103 cm³/mol. The number of hydrogen-bond donors (Lipinski definition) is 5. The van der Waals surface area contributed by atoms with E-state index < -0.39 is 70.1 Å².